The van der Waals surface area contributed by atoms with Crippen LogP contribution in [0.5, 0.6) is 5.75 Å². The van der Waals surface area contributed by atoms with E-state index in [0.29, 0.717) is 6.61 Å². The lowest BCUT2D eigenvalue weighted by atomic mass is 10.1. The van der Waals surface area contributed by atoms with Crippen LogP contribution in [0, 0.1) is 20.8 Å². The van der Waals surface area contributed by atoms with Crippen LogP contribution in [0.25, 0.3) is 6.08 Å². The topological polar surface area (TPSA) is 59.4 Å². The fourth-order valence-corrected chi connectivity index (χ4v) is 2.87. The van der Waals surface area contributed by atoms with Crippen molar-refractivity contribution in [3.63, 3.8) is 0 Å². The average molecular weight is 303 g/mol. The van der Waals surface area contributed by atoms with Gasteiger partial charge in [0.1, 0.15) is 17.4 Å². The van der Waals surface area contributed by atoms with E-state index in [-0.39, 0.29) is 0 Å². The minimum atomic E-state index is -0.962. The summed E-state index contributed by atoms with van der Waals surface area (Å²) in [5.74, 6) is -0.140. The summed E-state index contributed by atoms with van der Waals surface area (Å²) in [6.45, 7) is 6.30. The van der Waals surface area contributed by atoms with E-state index >= 15 is 0 Å². The van der Waals surface area contributed by atoms with Gasteiger partial charge in [0.05, 0.1) is 10.6 Å². The van der Waals surface area contributed by atoms with Gasteiger partial charge in [-0.25, -0.2) is 9.78 Å². The summed E-state index contributed by atoms with van der Waals surface area (Å²) in [4.78, 5) is 15.8. The van der Waals surface area contributed by atoms with Gasteiger partial charge in [0.2, 0.25) is 0 Å². The summed E-state index contributed by atoms with van der Waals surface area (Å²) >= 11 is 1.44. The Balaban J connectivity index is 2.07. The van der Waals surface area contributed by atoms with Crippen molar-refractivity contribution >= 4 is 23.4 Å². The quantitative estimate of drug-likeness (QED) is 0.855. The second-order valence-corrected chi connectivity index (χ2v) is 5.96. The van der Waals surface area contributed by atoms with Crippen LogP contribution in [0.4, 0.5) is 0 Å². The number of aliphatic carboxylic acids is 1. The molecule has 1 aromatic heterocycles. The van der Waals surface area contributed by atoms with Crippen molar-refractivity contribution in [2.75, 3.05) is 0 Å². The van der Waals surface area contributed by atoms with Crippen LogP contribution < -0.4 is 4.74 Å². The highest BCUT2D eigenvalue weighted by Crippen LogP contribution is 2.22. The Hall–Kier alpha value is -2.14. The Morgan fingerprint density at radius 2 is 1.95 bits per heavy atom. The number of hydrogen-bond donors (Lipinski definition) is 1. The zero-order chi connectivity index (χ0) is 15.4. The molecule has 0 bridgehead atoms. The van der Waals surface area contributed by atoms with E-state index in [9.17, 15) is 4.79 Å². The maximum atomic E-state index is 10.5. The standard InChI is InChI=1S/C16H17NO3S/c1-10-6-11(2)8-13(7-10)20-9-15-17-12(3)14(21-15)4-5-16(18)19/h4-8H,9H2,1-3H3,(H,18,19)/b5-4+. The zero-order valence-corrected chi connectivity index (χ0v) is 13.0. The molecule has 0 fully saturated rings. The number of thiazole rings is 1. The summed E-state index contributed by atoms with van der Waals surface area (Å²) in [6, 6.07) is 6.06. The predicted octanol–water partition coefficient (Wildman–Crippen LogP) is 3.75. The number of hydrogen-bond acceptors (Lipinski definition) is 4. The number of aryl methyl sites for hydroxylation is 3. The van der Waals surface area contributed by atoms with Gasteiger partial charge >= 0.3 is 5.97 Å². The monoisotopic (exact) mass is 303 g/mol. The third-order valence-corrected chi connectivity index (χ3v) is 3.91. The minimum Gasteiger partial charge on any atom is -0.486 e. The maximum absolute atomic E-state index is 10.5. The molecule has 4 nitrogen and oxygen atoms in total. The molecule has 1 N–H and O–H groups in total. The largest absolute Gasteiger partial charge is 0.486 e. The Bertz CT molecular complexity index is 669. The van der Waals surface area contributed by atoms with E-state index in [1.807, 2.05) is 32.9 Å². The molecule has 0 aliphatic heterocycles. The molecular weight excluding hydrogens is 286 g/mol. The molecule has 1 aromatic carbocycles. The summed E-state index contributed by atoms with van der Waals surface area (Å²) in [5.41, 5.74) is 3.13. The molecule has 0 aliphatic carbocycles. The third kappa shape index (κ3) is 4.43. The van der Waals surface area contributed by atoms with Gasteiger partial charge in [-0.1, -0.05) is 6.07 Å². The summed E-state index contributed by atoms with van der Waals surface area (Å²) in [5, 5.41) is 9.48. The molecule has 0 saturated heterocycles. The third-order valence-electron chi connectivity index (χ3n) is 2.81. The highest BCUT2D eigenvalue weighted by molar-refractivity contribution is 7.12. The lowest BCUT2D eigenvalue weighted by Crippen LogP contribution is -1.95. The number of ether oxygens (including phenoxy) is 1. The van der Waals surface area contributed by atoms with Crippen LogP contribution in [-0.4, -0.2) is 16.1 Å². The summed E-state index contributed by atoms with van der Waals surface area (Å²) in [6.07, 6.45) is 2.69. The fraction of sp³-hybridized carbons (Fsp3) is 0.250. The molecule has 110 valence electrons. The summed E-state index contributed by atoms with van der Waals surface area (Å²) < 4.78 is 5.76. The van der Waals surface area contributed by atoms with E-state index in [4.69, 9.17) is 9.84 Å². The van der Waals surface area contributed by atoms with E-state index in [1.165, 1.54) is 11.3 Å². The number of rotatable bonds is 5. The maximum Gasteiger partial charge on any atom is 0.328 e. The van der Waals surface area contributed by atoms with E-state index in [1.54, 1.807) is 6.08 Å². The molecule has 1 heterocycles. The second-order valence-electron chi connectivity index (χ2n) is 4.84. The van der Waals surface area contributed by atoms with Gasteiger partial charge in [-0.05, 0) is 50.1 Å². The van der Waals surface area contributed by atoms with Crippen molar-refractivity contribution in [3.8, 4) is 5.75 Å². The van der Waals surface area contributed by atoms with Crippen LogP contribution in [-0.2, 0) is 11.4 Å². The first-order valence-corrected chi connectivity index (χ1v) is 7.34. The number of carbonyl (C=O) groups is 1. The van der Waals surface area contributed by atoms with Gasteiger partial charge in [0, 0.05) is 6.08 Å². The molecular formula is C16H17NO3S. The molecule has 0 atom stereocenters. The predicted molar refractivity (Wildman–Crippen MR) is 83.8 cm³/mol. The van der Waals surface area contributed by atoms with Crippen molar-refractivity contribution in [2.45, 2.75) is 27.4 Å². The fourth-order valence-electron chi connectivity index (χ4n) is 1.99. The Kier molecular flexibility index (Phi) is 4.75. The van der Waals surface area contributed by atoms with Crippen LogP contribution in [0.2, 0.25) is 0 Å². The number of benzene rings is 1. The number of carboxylic acids is 1. The number of nitrogens with zero attached hydrogens (tertiary/aromatic N) is 1. The van der Waals surface area contributed by atoms with Crippen LogP contribution in [0.1, 0.15) is 26.7 Å². The molecule has 2 rings (SSSR count). The van der Waals surface area contributed by atoms with Gasteiger partial charge in [0.25, 0.3) is 0 Å². The van der Waals surface area contributed by atoms with Crippen molar-refractivity contribution in [1.29, 1.82) is 0 Å². The smallest absolute Gasteiger partial charge is 0.328 e. The Morgan fingerprint density at radius 3 is 2.57 bits per heavy atom. The highest BCUT2D eigenvalue weighted by atomic mass is 32.1. The molecule has 2 aromatic rings. The molecule has 0 amide bonds. The second kappa shape index (κ2) is 6.54. The molecule has 21 heavy (non-hydrogen) atoms. The molecule has 5 heteroatoms. The molecule has 0 unspecified atom stereocenters. The summed E-state index contributed by atoms with van der Waals surface area (Å²) in [7, 11) is 0. The average Bonchev–Trinajstić information content (AvgIpc) is 2.73. The molecule has 0 aliphatic rings. The van der Waals surface area contributed by atoms with Crippen LogP contribution in [0.15, 0.2) is 24.3 Å². The van der Waals surface area contributed by atoms with Gasteiger partial charge in [-0.3, -0.25) is 0 Å². The van der Waals surface area contributed by atoms with E-state index < -0.39 is 5.97 Å². The van der Waals surface area contributed by atoms with Gasteiger partial charge in [-0.15, -0.1) is 11.3 Å². The number of aromatic nitrogens is 1. The van der Waals surface area contributed by atoms with Crippen molar-refractivity contribution < 1.29 is 14.6 Å². The Labute approximate surface area is 127 Å². The van der Waals surface area contributed by atoms with Crippen LogP contribution in [0.3, 0.4) is 0 Å². The lowest BCUT2D eigenvalue weighted by molar-refractivity contribution is -0.131. The van der Waals surface area contributed by atoms with Crippen molar-refractivity contribution in [3.05, 3.63) is 51.0 Å². The van der Waals surface area contributed by atoms with Crippen molar-refractivity contribution in [2.24, 2.45) is 0 Å². The minimum absolute atomic E-state index is 0.384. The SMILES string of the molecule is Cc1cc(C)cc(OCc2nc(C)c(/C=C/C(=O)O)s2)c1. The van der Waals surface area contributed by atoms with Crippen molar-refractivity contribution in [1.82, 2.24) is 4.98 Å². The first-order valence-electron chi connectivity index (χ1n) is 6.52. The van der Waals surface area contributed by atoms with Crippen LogP contribution >= 0.6 is 11.3 Å². The highest BCUT2D eigenvalue weighted by Gasteiger charge is 2.07. The number of carboxylic acid groups (broad SMARTS) is 1. The normalized spacial score (nSPS) is 11.0. The van der Waals surface area contributed by atoms with Gasteiger partial charge < -0.3 is 9.84 Å². The molecule has 0 saturated carbocycles. The Morgan fingerprint density at radius 1 is 1.29 bits per heavy atom. The van der Waals surface area contributed by atoms with Gasteiger partial charge in [-0.2, -0.15) is 0 Å². The first-order chi connectivity index (χ1) is 9.94. The first kappa shape index (κ1) is 15.3. The molecule has 0 radical (unpaired) electrons. The van der Waals surface area contributed by atoms with E-state index in [0.717, 1.165) is 38.5 Å². The van der Waals surface area contributed by atoms with Gasteiger partial charge in [0.15, 0.2) is 0 Å². The van der Waals surface area contributed by atoms with E-state index in [2.05, 4.69) is 11.1 Å². The lowest BCUT2D eigenvalue weighted by Gasteiger charge is -2.06. The zero-order valence-electron chi connectivity index (χ0n) is 12.2. The molecule has 0 spiro atoms.